The van der Waals surface area contributed by atoms with Crippen molar-refractivity contribution < 1.29 is 0 Å². The molecule has 0 aromatic rings. The van der Waals surface area contributed by atoms with Gasteiger partial charge in [-0.05, 0) is 42.4 Å². The molecule has 0 heterocycles. The predicted molar refractivity (Wildman–Crippen MR) is 40.4 cm³/mol. The van der Waals surface area contributed by atoms with Crippen molar-refractivity contribution in [1.29, 1.82) is 0 Å². The molecule has 0 saturated heterocycles. The molecule has 3 aliphatic rings. The molecule has 3 aliphatic carbocycles. The number of rotatable bonds is 1. The SMILES string of the molecule is CC1CC(N)C1C12CC1C2. The summed E-state index contributed by atoms with van der Waals surface area (Å²) >= 11 is 0. The molecule has 1 nitrogen and oxygen atoms in total. The van der Waals surface area contributed by atoms with E-state index in [4.69, 9.17) is 5.73 Å². The average Bonchev–Trinajstić information content (AvgIpc) is 2.53. The van der Waals surface area contributed by atoms with Gasteiger partial charge in [0.15, 0.2) is 0 Å². The Kier molecular flexibility index (Phi) is 0.722. The van der Waals surface area contributed by atoms with E-state index >= 15 is 0 Å². The van der Waals surface area contributed by atoms with E-state index in [1.807, 2.05) is 0 Å². The molecule has 3 atom stereocenters. The number of nitrogens with two attached hydrogens (primary N) is 1. The maximum absolute atomic E-state index is 5.97. The first-order valence-corrected chi connectivity index (χ1v) is 4.49. The highest BCUT2D eigenvalue weighted by atomic mass is 14.9. The summed E-state index contributed by atoms with van der Waals surface area (Å²) in [6.07, 6.45) is 4.34. The van der Waals surface area contributed by atoms with Gasteiger partial charge in [0.25, 0.3) is 0 Å². The van der Waals surface area contributed by atoms with Gasteiger partial charge in [-0.3, -0.25) is 0 Å². The number of hydrogen-bond acceptors (Lipinski definition) is 1. The third-order valence-electron chi connectivity index (χ3n) is 4.13. The fourth-order valence-electron chi connectivity index (χ4n) is 3.23. The lowest BCUT2D eigenvalue weighted by atomic mass is 9.65. The predicted octanol–water partition coefficient (Wildman–Crippen LogP) is 1.38. The molecule has 10 heavy (non-hydrogen) atoms. The first-order chi connectivity index (χ1) is 4.74. The van der Waals surface area contributed by atoms with Gasteiger partial charge in [-0.1, -0.05) is 6.92 Å². The fraction of sp³-hybridized carbons (Fsp3) is 1.00. The van der Waals surface area contributed by atoms with E-state index < -0.39 is 0 Å². The summed E-state index contributed by atoms with van der Waals surface area (Å²) in [4.78, 5) is 0. The standard InChI is InChI=1S/C9H15N/c1-5-2-7(10)8(5)9-3-6(9)4-9/h5-8H,2-4,10H2,1H3. The number of fused-ring (bicyclic) bond motifs is 1. The van der Waals surface area contributed by atoms with E-state index in [-0.39, 0.29) is 0 Å². The molecule has 3 fully saturated rings. The minimum Gasteiger partial charge on any atom is -0.327 e. The van der Waals surface area contributed by atoms with Crippen LogP contribution in [0, 0.1) is 23.2 Å². The lowest BCUT2D eigenvalue weighted by molar-refractivity contribution is 0.100. The van der Waals surface area contributed by atoms with Crippen molar-refractivity contribution >= 4 is 0 Å². The second kappa shape index (κ2) is 1.29. The highest BCUT2D eigenvalue weighted by Crippen LogP contribution is 2.82. The largest absolute Gasteiger partial charge is 0.327 e. The normalized spacial score (nSPS) is 70.2. The number of hydrogen-bond donors (Lipinski definition) is 1. The first-order valence-electron chi connectivity index (χ1n) is 4.49. The zero-order valence-electron chi connectivity index (χ0n) is 6.51. The van der Waals surface area contributed by atoms with Crippen LogP contribution in [0.3, 0.4) is 0 Å². The van der Waals surface area contributed by atoms with Crippen molar-refractivity contribution in [1.82, 2.24) is 0 Å². The summed E-state index contributed by atoms with van der Waals surface area (Å²) in [6.45, 7) is 2.37. The van der Waals surface area contributed by atoms with Crippen molar-refractivity contribution in [2.24, 2.45) is 28.9 Å². The fourth-order valence-corrected chi connectivity index (χ4v) is 3.23. The molecule has 1 heteroatoms. The maximum atomic E-state index is 5.97. The van der Waals surface area contributed by atoms with Crippen LogP contribution in [0.5, 0.6) is 0 Å². The van der Waals surface area contributed by atoms with Gasteiger partial charge in [-0.2, -0.15) is 0 Å². The lowest BCUT2D eigenvalue weighted by Crippen LogP contribution is -2.48. The molecule has 0 radical (unpaired) electrons. The van der Waals surface area contributed by atoms with Gasteiger partial charge in [-0.25, -0.2) is 0 Å². The van der Waals surface area contributed by atoms with E-state index in [1.54, 1.807) is 0 Å². The van der Waals surface area contributed by atoms with E-state index in [9.17, 15) is 0 Å². The Hall–Kier alpha value is -0.0400. The minimum absolute atomic E-state index is 0.572. The van der Waals surface area contributed by atoms with Crippen LogP contribution in [-0.2, 0) is 0 Å². The van der Waals surface area contributed by atoms with E-state index in [0.29, 0.717) is 6.04 Å². The maximum Gasteiger partial charge on any atom is 0.00777 e. The zero-order chi connectivity index (χ0) is 6.93. The molecule has 0 aromatic carbocycles. The summed E-state index contributed by atoms with van der Waals surface area (Å²) in [5.41, 5.74) is 6.80. The van der Waals surface area contributed by atoms with Crippen LogP contribution >= 0.6 is 0 Å². The molecule has 3 unspecified atom stereocenters. The minimum atomic E-state index is 0.572. The average molecular weight is 137 g/mol. The van der Waals surface area contributed by atoms with Gasteiger partial charge in [0.05, 0.1) is 0 Å². The molecule has 0 spiro atoms. The molecule has 0 bridgehead atoms. The smallest absolute Gasteiger partial charge is 0.00777 e. The highest BCUT2D eigenvalue weighted by Gasteiger charge is 2.75. The highest BCUT2D eigenvalue weighted by molar-refractivity contribution is 5.25. The third kappa shape index (κ3) is 0.430. The molecular formula is C9H15N. The van der Waals surface area contributed by atoms with Crippen LogP contribution in [0.2, 0.25) is 0 Å². The summed E-state index contributed by atoms with van der Waals surface area (Å²) in [5, 5.41) is 0. The van der Waals surface area contributed by atoms with Gasteiger partial charge < -0.3 is 5.73 Å². The second-order valence-electron chi connectivity index (χ2n) is 4.74. The second-order valence-corrected chi connectivity index (χ2v) is 4.74. The van der Waals surface area contributed by atoms with Crippen molar-refractivity contribution in [3.63, 3.8) is 0 Å². The summed E-state index contributed by atoms with van der Waals surface area (Å²) in [5.74, 6) is 3.01. The van der Waals surface area contributed by atoms with Crippen LogP contribution < -0.4 is 5.73 Å². The molecule has 56 valence electrons. The van der Waals surface area contributed by atoms with E-state index in [0.717, 1.165) is 23.2 Å². The van der Waals surface area contributed by atoms with Gasteiger partial charge >= 0.3 is 0 Å². The van der Waals surface area contributed by atoms with Gasteiger partial charge in [0.2, 0.25) is 0 Å². The quantitative estimate of drug-likeness (QED) is 0.580. The summed E-state index contributed by atoms with van der Waals surface area (Å²) in [6, 6.07) is 0.572. The molecule has 0 aliphatic heterocycles. The Morgan fingerprint density at radius 1 is 1.40 bits per heavy atom. The lowest BCUT2D eigenvalue weighted by Gasteiger charge is -2.43. The monoisotopic (exact) mass is 137 g/mol. The molecule has 3 rings (SSSR count). The van der Waals surface area contributed by atoms with Gasteiger partial charge in [0.1, 0.15) is 0 Å². The zero-order valence-corrected chi connectivity index (χ0v) is 6.51. The molecule has 3 saturated carbocycles. The third-order valence-corrected chi connectivity index (χ3v) is 4.13. The van der Waals surface area contributed by atoms with Crippen LogP contribution in [0.1, 0.15) is 26.2 Å². The molecule has 0 aromatic heterocycles. The Balaban J connectivity index is 1.80. The van der Waals surface area contributed by atoms with Crippen LogP contribution in [0.4, 0.5) is 0 Å². The first kappa shape index (κ1) is 5.59. The van der Waals surface area contributed by atoms with Crippen molar-refractivity contribution in [3.8, 4) is 0 Å². The van der Waals surface area contributed by atoms with E-state index in [2.05, 4.69) is 6.92 Å². The van der Waals surface area contributed by atoms with Crippen LogP contribution in [-0.4, -0.2) is 6.04 Å². The molecular weight excluding hydrogens is 122 g/mol. The molecule has 2 N–H and O–H groups in total. The van der Waals surface area contributed by atoms with Gasteiger partial charge in [0, 0.05) is 6.04 Å². The topological polar surface area (TPSA) is 26.0 Å². The Morgan fingerprint density at radius 2 is 2.00 bits per heavy atom. The van der Waals surface area contributed by atoms with E-state index in [1.165, 1.54) is 19.3 Å². The van der Waals surface area contributed by atoms with Crippen LogP contribution in [0.15, 0.2) is 0 Å². The van der Waals surface area contributed by atoms with Crippen molar-refractivity contribution in [2.45, 2.75) is 32.2 Å². The van der Waals surface area contributed by atoms with Crippen molar-refractivity contribution in [3.05, 3.63) is 0 Å². The Morgan fingerprint density at radius 3 is 2.20 bits per heavy atom. The van der Waals surface area contributed by atoms with Gasteiger partial charge in [-0.15, -0.1) is 0 Å². The Bertz CT molecular complexity index is 173. The molecule has 0 amide bonds. The Labute approximate surface area is 62.0 Å². The van der Waals surface area contributed by atoms with Crippen molar-refractivity contribution in [2.75, 3.05) is 0 Å². The summed E-state index contributed by atoms with van der Waals surface area (Å²) in [7, 11) is 0. The van der Waals surface area contributed by atoms with Crippen LogP contribution in [0.25, 0.3) is 0 Å². The summed E-state index contributed by atoms with van der Waals surface area (Å²) < 4.78 is 0.